The lowest BCUT2D eigenvalue weighted by atomic mass is 9.79. The summed E-state index contributed by atoms with van der Waals surface area (Å²) in [6.07, 6.45) is 3.16. The van der Waals surface area contributed by atoms with Gasteiger partial charge in [-0.15, -0.1) is 11.3 Å². The minimum Gasteiger partial charge on any atom is -0.328 e. The lowest BCUT2D eigenvalue weighted by Crippen LogP contribution is -2.37. The summed E-state index contributed by atoms with van der Waals surface area (Å²) in [6.45, 7) is 0. The lowest BCUT2D eigenvalue weighted by Gasteiger charge is -2.31. The maximum Gasteiger partial charge on any atom is 0.132 e. The maximum absolute atomic E-state index is 13.6. The number of hydrogen-bond acceptors (Lipinski definition) is 3. The van der Waals surface area contributed by atoms with Crippen molar-refractivity contribution in [3.05, 3.63) is 40.5 Å². The van der Waals surface area contributed by atoms with Crippen molar-refractivity contribution in [3.8, 4) is 11.3 Å². The highest BCUT2D eigenvalue weighted by Gasteiger charge is 2.26. The van der Waals surface area contributed by atoms with E-state index < -0.39 is 0 Å². The van der Waals surface area contributed by atoms with E-state index in [1.54, 1.807) is 23.5 Å². The van der Waals surface area contributed by atoms with Gasteiger partial charge in [-0.25, -0.2) is 9.37 Å². The van der Waals surface area contributed by atoms with Crippen LogP contribution < -0.4 is 5.73 Å². The molecule has 2 nitrogen and oxygen atoms in total. The predicted molar refractivity (Wildman–Crippen MR) is 71.9 cm³/mol. The summed E-state index contributed by atoms with van der Waals surface area (Å²) in [7, 11) is 0. The number of hydrogen-bond donors (Lipinski definition) is 1. The first-order valence-electron chi connectivity index (χ1n) is 6.17. The fraction of sp³-hybridized carbons (Fsp3) is 0.357. The van der Waals surface area contributed by atoms with Crippen LogP contribution in [0.2, 0.25) is 0 Å². The molecule has 94 valence electrons. The molecule has 0 spiro atoms. The van der Waals surface area contributed by atoms with Gasteiger partial charge in [-0.2, -0.15) is 0 Å². The Kier molecular flexibility index (Phi) is 3.14. The molecule has 1 aromatic heterocycles. The zero-order valence-electron chi connectivity index (χ0n) is 9.97. The molecule has 0 amide bonds. The number of nitrogens with zero attached hydrogens (tertiary/aromatic N) is 1. The Balaban J connectivity index is 1.75. The number of benzene rings is 1. The standard InChI is InChI=1S/C14H15FN2S/c15-12-4-2-1-3-11(12)13-8-18-14(17-13)7-9-5-10(16)6-9/h1-4,8-10H,5-7,16H2. The molecule has 4 heteroatoms. The van der Waals surface area contributed by atoms with Crippen LogP contribution in [-0.2, 0) is 6.42 Å². The number of thiazole rings is 1. The van der Waals surface area contributed by atoms with Crippen LogP contribution in [0.5, 0.6) is 0 Å². The fourth-order valence-electron chi connectivity index (χ4n) is 2.40. The second kappa shape index (κ2) is 4.78. The second-order valence-electron chi connectivity index (χ2n) is 4.91. The first-order valence-corrected chi connectivity index (χ1v) is 7.05. The second-order valence-corrected chi connectivity index (χ2v) is 5.85. The quantitative estimate of drug-likeness (QED) is 0.922. The number of aromatic nitrogens is 1. The van der Waals surface area contributed by atoms with Gasteiger partial charge in [0, 0.05) is 23.4 Å². The first kappa shape index (κ1) is 11.8. The van der Waals surface area contributed by atoms with Crippen LogP contribution in [0.15, 0.2) is 29.6 Å². The van der Waals surface area contributed by atoms with Crippen LogP contribution in [0, 0.1) is 11.7 Å². The summed E-state index contributed by atoms with van der Waals surface area (Å²) in [5, 5.41) is 3.02. The minimum atomic E-state index is -0.208. The largest absolute Gasteiger partial charge is 0.328 e. The molecule has 1 heterocycles. The van der Waals surface area contributed by atoms with Gasteiger partial charge in [-0.1, -0.05) is 12.1 Å². The van der Waals surface area contributed by atoms with Gasteiger partial charge in [0.05, 0.1) is 10.7 Å². The van der Waals surface area contributed by atoms with Crippen LogP contribution in [0.1, 0.15) is 17.8 Å². The van der Waals surface area contributed by atoms with Crippen molar-refractivity contribution in [3.63, 3.8) is 0 Å². The van der Waals surface area contributed by atoms with E-state index in [-0.39, 0.29) is 5.82 Å². The van der Waals surface area contributed by atoms with E-state index in [1.165, 1.54) is 6.07 Å². The molecule has 1 aromatic carbocycles. The van der Waals surface area contributed by atoms with E-state index >= 15 is 0 Å². The van der Waals surface area contributed by atoms with Gasteiger partial charge in [0.15, 0.2) is 0 Å². The average Bonchev–Trinajstić information content (AvgIpc) is 2.76. The summed E-state index contributed by atoms with van der Waals surface area (Å²) in [6, 6.07) is 7.15. The highest BCUT2D eigenvalue weighted by molar-refractivity contribution is 7.09. The fourth-order valence-corrected chi connectivity index (χ4v) is 3.31. The monoisotopic (exact) mass is 262 g/mol. The van der Waals surface area contributed by atoms with Crippen LogP contribution in [0.4, 0.5) is 4.39 Å². The third-order valence-corrected chi connectivity index (χ3v) is 4.31. The Morgan fingerprint density at radius 3 is 2.83 bits per heavy atom. The van der Waals surface area contributed by atoms with Crippen LogP contribution in [0.3, 0.4) is 0 Å². The van der Waals surface area contributed by atoms with Gasteiger partial charge in [-0.05, 0) is 30.9 Å². The molecule has 2 N–H and O–H groups in total. The summed E-state index contributed by atoms with van der Waals surface area (Å²) in [5.74, 6) is 0.458. The Hall–Kier alpha value is -1.26. The minimum absolute atomic E-state index is 0.208. The number of halogens is 1. The zero-order chi connectivity index (χ0) is 12.5. The first-order chi connectivity index (χ1) is 8.72. The Bertz CT molecular complexity index is 546. The molecule has 2 aromatic rings. The highest BCUT2D eigenvalue weighted by Crippen LogP contribution is 2.31. The highest BCUT2D eigenvalue weighted by atomic mass is 32.1. The van der Waals surface area contributed by atoms with Crippen molar-refractivity contribution in [2.45, 2.75) is 25.3 Å². The Morgan fingerprint density at radius 1 is 1.33 bits per heavy atom. The van der Waals surface area contributed by atoms with E-state index in [0.717, 1.165) is 30.0 Å². The third kappa shape index (κ3) is 2.31. The number of nitrogens with two attached hydrogens (primary N) is 1. The van der Waals surface area contributed by atoms with Crippen LogP contribution in [-0.4, -0.2) is 11.0 Å². The van der Waals surface area contributed by atoms with E-state index in [2.05, 4.69) is 4.98 Å². The summed E-state index contributed by atoms with van der Waals surface area (Å²) in [4.78, 5) is 4.53. The molecular weight excluding hydrogens is 247 g/mol. The predicted octanol–water partition coefficient (Wildman–Crippen LogP) is 3.23. The van der Waals surface area contributed by atoms with E-state index in [4.69, 9.17) is 5.73 Å². The summed E-state index contributed by atoms with van der Waals surface area (Å²) < 4.78 is 13.6. The van der Waals surface area contributed by atoms with Crippen molar-refractivity contribution in [1.29, 1.82) is 0 Å². The molecule has 1 saturated carbocycles. The van der Waals surface area contributed by atoms with Gasteiger partial charge >= 0.3 is 0 Å². The van der Waals surface area contributed by atoms with E-state index in [0.29, 0.717) is 17.5 Å². The van der Waals surface area contributed by atoms with Gasteiger partial charge in [0.1, 0.15) is 5.82 Å². The topological polar surface area (TPSA) is 38.9 Å². The third-order valence-electron chi connectivity index (χ3n) is 3.44. The van der Waals surface area contributed by atoms with Crippen molar-refractivity contribution in [2.24, 2.45) is 11.7 Å². The van der Waals surface area contributed by atoms with Crippen molar-refractivity contribution >= 4 is 11.3 Å². The molecule has 1 aliphatic carbocycles. The van der Waals surface area contributed by atoms with Gasteiger partial charge in [0.2, 0.25) is 0 Å². The summed E-state index contributed by atoms with van der Waals surface area (Å²) >= 11 is 1.61. The summed E-state index contributed by atoms with van der Waals surface area (Å²) in [5.41, 5.74) is 7.11. The molecule has 1 aliphatic rings. The molecule has 0 unspecified atom stereocenters. The maximum atomic E-state index is 13.6. The van der Waals surface area contributed by atoms with Gasteiger partial charge < -0.3 is 5.73 Å². The molecule has 1 fully saturated rings. The van der Waals surface area contributed by atoms with Crippen LogP contribution >= 0.6 is 11.3 Å². The normalized spacial score (nSPS) is 22.8. The smallest absolute Gasteiger partial charge is 0.132 e. The van der Waals surface area contributed by atoms with Crippen molar-refractivity contribution in [2.75, 3.05) is 0 Å². The molecule has 0 radical (unpaired) electrons. The molecule has 0 atom stereocenters. The van der Waals surface area contributed by atoms with Crippen molar-refractivity contribution in [1.82, 2.24) is 4.98 Å². The van der Waals surface area contributed by atoms with E-state index in [9.17, 15) is 4.39 Å². The van der Waals surface area contributed by atoms with Crippen LogP contribution in [0.25, 0.3) is 11.3 Å². The molecule has 3 rings (SSSR count). The lowest BCUT2D eigenvalue weighted by molar-refractivity contribution is 0.264. The Labute approximate surface area is 110 Å². The van der Waals surface area contributed by atoms with Gasteiger partial charge in [0.25, 0.3) is 0 Å². The SMILES string of the molecule is NC1CC(Cc2nc(-c3ccccc3F)cs2)C1. The van der Waals surface area contributed by atoms with E-state index in [1.807, 2.05) is 11.4 Å². The molecule has 0 aliphatic heterocycles. The molecule has 0 bridgehead atoms. The molecule has 0 saturated heterocycles. The number of rotatable bonds is 3. The zero-order valence-corrected chi connectivity index (χ0v) is 10.8. The van der Waals surface area contributed by atoms with Gasteiger partial charge in [-0.3, -0.25) is 0 Å². The van der Waals surface area contributed by atoms with Crippen molar-refractivity contribution < 1.29 is 4.39 Å². The average molecular weight is 262 g/mol. The molecular formula is C14H15FN2S. The Morgan fingerprint density at radius 2 is 2.11 bits per heavy atom. The molecule has 18 heavy (non-hydrogen) atoms.